The minimum atomic E-state index is -0.479. The summed E-state index contributed by atoms with van der Waals surface area (Å²) in [7, 11) is 0. The van der Waals surface area contributed by atoms with Crippen LogP contribution in [0.1, 0.15) is 33.6 Å². The molecule has 0 aliphatic carbocycles. The summed E-state index contributed by atoms with van der Waals surface area (Å²) in [5, 5.41) is 2.86. The van der Waals surface area contributed by atoms with E-state index in [2.05, 4.69) is 19.2 Å². The van der Waals surface area contributed by atoms with Crippen molar-refractivity contribution in [2.24, 2.45) is 5.92 Å². The third-order valence-electron chi connectivity index (χ3n) is 2.26. The van der Waals surface area contributed by atoms with Crippen LogP contribution in [0.25, 0.3) is 0 Å². The first-order chi connectivity index (χ1) is 6.47. The molecule has 0 saturated heterocycles. The molecule has 0 fully saturated rings. The molecule has 1 amide bonds. The summed E-state index contributed by atoms with van der Waals surface area (Å²) in [5.41, 5.74) is -0.479. The molecule has 1 unspecified atom stereocenters. The Morgan fingerprint density at radius 2 is 1.93 bits per heavy atom. The molecule has 0 aliphatic rings. The largest absolute Gasteiger partial charge is 0.349 e. The molecule has 0 spiro atoms. The predicted octanol–water partition coefficient (Wildman–Crippen LogP) is 2.78. The summed E-state index contributed by atoms with van der Waals surface area (Å²) in [6, 6.07) is 0. The quantitative estimate of drug-likeness (QED) is 0.710. The Labute approximate surface area is 96.3 Å². The third-order valence-corrected chi connectivity index (χ3v) is 3.44. The lowest BCUT2D eigenvalue weighted by molar-refractivity contribution is -0.123. The van der Waals surface area contributed by atoms with E-state index in [0.29, 0.717) is 24.1 Å². The van der Waals surface area contributed by atoms with Crippen LogP contribution in [0.3, 0.4) is 0 Å². The topological polar surface area (TPSA) is 29.1 Å². The summed E-state index contributed by atoms with van der Waals surface area (Å²) < 4.78 is 0. The van der Waals surface area contributed by atoms with Crippen LogP contribution in [0.2, 0.25) is 0 Å². The number of hydrogen-bond donors (Lipinski definition) is 1. The molecule has 0 aromatic rings. The number of carbonyl (C=O) groups is 1. The van der Waals surface area contributed by atoms with Crippen LogP contribution in [0.5, 0.6) is 0 Å². The smallest absolute Gasteiger partial charge is 0.220 e. The number of alkyl halides is 2. The van der Waals surface area contributed by atoms with Crippen LogP contribution in [0.15, 0.2) is 0 Å². The minimum Gasteiger partial charge on any atom is -0.349 e. The van der Waals surface area contributed by atoms with Gasteiger partial charge < -0.3 is 5.32 Å². The fourth-order valence-electron chi connectivity index (χ4n) is 0.951. The molecule has 0 saturated carbocycles. The van der Waals surface area contributed by atoms with Gasteiger partial charge in [0.15, 0.2) is 0 Å². The highest BCUT2D eigenvalue weighted by Gasteiger charge is 2.24. The zero-order chi connectivity index (χ0) is 11.2. The van der Waals surface area contributed by atoms with Gasteiger partial charge in [0.2, 0.25) is 5.91 Å². The van der Waals surface area contributed by atoms with Gasteiger partial charge in [-0.3, -0.25) is 4.79 Å². The van der Waals surface area contributed by atoms with Crippen molar-refractivity contribution in [3.8, 4) is 0 Å². The van der Waals surface area contributed by atoms with Gasteiger partial charge in [0.05, 0.1) is 5.54 Å². The van der Waals surface area contributed by atoms with E-state index < -0.39 is 5.54 Å². The average molecular weight is 240 g/mol. The fraction of sp³-hybridized carbons (Fsp3) is 0.900. The number of hydrogen-bond acceptors (Lipinski definition) is 1. The van der Waals surface area contributed by atoms with E-state index in [9.17, 15) is 4.79 Å². The second kappa shape index (κ2) is 6.52. The first-order valence-corrected chi connectivity index (χ1v) is 5.97. The van der Waals surface area contributed by atoms with Crippen LogP contribution >= 0.6 is 23.2 Å². The fourth-order valence-corrected chi connectivity index (χ4v) is 1.37. The lowest BCUT2D eigenvalue weighted by atomic mass is 10.0. The van der Waals surface area contributed by atoms with Crippen LogP contribution in [-0.4, -0.2) is 23.2 Å². The van der Waals surface area contributed by atoms with Gasteiger partial charge >= 0.3 is 0 Å². The number of halogens is 2. The van der Waals surface area contributed by atoms with E-state index in [1.54, 1.807) is 0 Å². The molecule has 0 bridgehead atoms. The Hall–Kier alpha value is 0.0500. The molecular weight excluding hydrogens is 221 g/mol. The number of nitrogens with one attached hydrogen (secondary N) is 1. The standard InChI is InChI=1S/C10H19Cl2NO/c1-4-8(2)5-9(14)13-10(3,6-11)7-12/h8H,4-7H2,1-3H3,(H,13,14). The molecule has 2 nitrogen and oxygen atoms in total. The zero-order valence-electron chi connectivity index (χ0n) is 9.07. The first-order valence-electron chi connectivity index (χ1n) is 4.90. The molecule has 84 valence electrons. The van der Waals surface area contributed by atoms with Gasteiger partial charge in [-0.2, -0.15) is 0 Å². The van der Waals surface area contributed by atoms with E-state index in [1.165, 1.54) is 0 Å². The highest BCUT2D eigenvalue weighted by atomic mass is 35.5. The van der Waals surface area contributed by atoms with Gasteiger partial charge in [0.1, 0.15) is 0 Å². The highest BCUT2D eigenvalue weighted by molar-refractivity contribution is 6.22. The van der Waals surface area contributed by atoms with Gasteiger partial charge in [0, 0.05) is 18.2 Å². The van der Waals surface area contributed by atoms with E-state index in [1.807, 2.05) is 6.92 Å². The summed E-state index contributed by atoms with van der Waals surface area (Å²) in [6.07, 6.45) is 1.55. The lowest BCUT2D eigenvalue weighted by Crippen LogP contribution is -2.49. The van der Waals surface area contributed by atoms with Gasteiger partial charge in [-0.1, -0.05) is 20.3 Å². The Morgan fingerprint density at radius 1 is 1.43 bits per heavy atom. The van der Waals surface area contributed by atoms with Crippen molar-refractivity contribution in [1.29, 1.82) is 0 Å². The van der Waals surface area contributed by atoms with Crippen molar-refractivity contribution in [1.82, 2.24) is 5.32 Å². The van der Waals surface area contributed by atoms with Crippen molar-refractivity contribution in [2.45, 2.75) is 39.2 Å². The van der Waals surface area contributed by atoms with Crippen LogP contribution in [-0.2, 0) is 4.79 Å². The van der Waals surface area contributed by atoms with Crippen LogP contribution < -0.4 is 5.32 Å². The SMILES string of the molecule is CCC(C)CC(=O)NC(C)(CCl)CCl. The monoisotopic (exact) mass is 239 g/mol. The number of carbonyl (C=O) groups excluding carboxylic acids is 1. The van der Waals surface area contributed by atoms with Gasteiger partial charge in [0.25, 0.3) is 0 Å². The summed E-state index contributed by atoms with van der Waals surface area (Å²) >= 11 is 11.4. The molecular formula is C10H19Cl2NO. The molecule has 14 heavy (non-hydrogen) atoms. The maximum absolute atomic E-state index is 11.5. The Bertz CT molecular complexity index is 181. The Kier molecular flexibility index (Phi) is 6.54. The highest BCUT2D eigenvalue weighted by Crippen LogP contribution is 2.11. The van der Waals surface area contributed by atoms with Gasteiger partial charge in [-0.25, -0.2) is 0 Å². The van der Waals surface area contributed by atoms with Crippen molar-refractivity contribution in [2.75, 3.05) is 11.8 Å². The van der Waals surface area contributed by atoms with E-state index in [0.717, 1.165) is 6.42 Å². The Morgan fingerprint density at radius 3 is 2.29 bits per heavy atom. The van der Waals surface area contributed by atoms with Crippen LogP contribution in [0, 0.1) is 5.92 Å². The molecule has 0 aliphatic heterocycles. The van der Waals surface area contributed by atoms with Crippen molar-refractivity contribution < 1.29 is 4.79 Å². The number of amides is 1. The van der Waals surface area contributed by atoms with Crippen molar-refractivity contribution >= 4 is 29.1 Å². The second-order valence-electron chi connectivity index (χ2n) is 4.09. The average Bonchev–Trinajstić information content (AvgIpc) is 2.17. The zero-order valence-corrected chi connectivity index (χ0v) is 10.6. The first kappa shape index (κ1) is 14.1. The van der Waals surface area contributed by atoms with E-state index >= 15 is 0 Å². The van der Waals surface area contributed by atoms with E-state index in [-0.39, 0.29) is 5.91 Å². The predicted molar refractivity (Wildman–Crippen MR) is 62.1 cm³/mol. The van der Waals surface area contributed by atoms with Gasteiger partial charge in [-0.05, 0) is 12.8 Å². The molecule has 0 aromatic carbocycles. The molecule has 0 heterocycles. The number of rotatable bonds is 6. The molecule has 0 aromatic heterocycles. The molecule has 0 rings (SSSR count). The summed E-state index contributed by atoms with van der Waals surface area (Å²) in [6.45, 7) is 5.97. The normalized spacial score (nSPS) is 13.8. The molecule has 0 radical (unpaired) electrons. The van der Waals surface area contributed by atoms with Crippen molar-refractivity contribution in [3.05, 3.63) is 0 Å². The maximum atomic E-state index is 11.5. The van der Waals surface area contributed by atoms with E-state index in [4.69, 9.17) is 23.2 Å². The molecule has 1 N–H and O–H groups in total. The molecule has 1 atom stereocenters. The van der Waals surface area contributed by atoms with Crippen LogP contribution in [0.4, 0.5) is 0 Å². The van der Waals surface area contributed by atoms with Gasteiger partial charge in [-0.15, -0.1) is 23.2 Å². The Balaban J connectivity index is 4.04. The summed E-state index contributed by atoms with van der Waals surface area (Å²) in [5.74, 6) is 1.11. The summed E-state index contributed by atoms with van der Waals surface area (Å²) in [4.78, 5) is 11.5. The minimum absolute atomic E-state index is 0.0307. The van der Waals surface area contributed by atoms with Crippen molar-refractivity contribution in [3.63, 3.8) is 0 Å². The molecule has 4 heteroatoms. The maximum Gasteiger partial charge on any atom is 0.220 e. The third kappa shape index (κ3) is 5.06. The second-order valence-corrected chi connectivity index (χ2v) is 4.63. The lowest BCUT2D eigenvalue weighted by Gasteiger charge is -2.26.